The molecule has 3 rings (SSSR count). The van der Waals surface area contributed by atoms with Crippen molar-refractivity contribution in [2.75, 3.05) is 26.7 Å². The molecule has 144 valence electrons. The number of nitrogens with zero attached hydrogens (tertiary/aromatic N) is 2. The lowest BCUT2D eigenvalue weighted by molar-refractivity contribution is 0.271. The number of ether oxygens (including phenoxy) is 1. The number of fused-ring (bicyclic) bond motifs is 1. The predicted octanol–water partition coefficient (Wildman–Crippen LogP) is 2.67. The van der Waals surface area contributed by atoms with Crippen molar-refractivity contribution in [3.05, 3.63) is 30.5 Å². The molecule has 0 spiro atoms. The Kier molecular flexibility index (Phi) is 6.85. The maximum Gasteiger partial charge on any atom is 0.243 e. The van der Waals surface area contributed by atoms with Gasteiger partial charge in [-0.25, -0.2) is 13.4 Å². The van der Waals surface area contributed by atoms with Gasteiger partial charge in [-0.3, -0.25) is 0 Å². The van der Waals surface area contributed by atoms with Crippen LogP contribution in [0.4, 0.5) is 0 Å². The molecule has 0 aliphatic carbocycles. The van der Waals surface area contributed by atoms with E-state index in [0.29, 0.717) is 34.6 Å². The summed E-state index contributed by atoms with van der Waals surface area (Å²) in [5, 5.41) is 4.71. The lowest BCUT2D eigenvalue weighted by atomic mass is 10.1. The summed E-state index contributed by atoms with van der Waals surface area (Å²) in [6, 6.07) is 6.94. The first-order valence-electron chi connectivity index (χ1n) is 8.61. The van der Waals surface area contributed by atoms with Gasteiger partial charge in [0.2, 0.25) is 15.9 Å². The van der Waals surface area contributed by atoms with Gasteiger partial charge in [0.05, 0.1) is 12.0 Å². The van der Waals surface area contributed by atoms with E-state index in [0.717, 1.165) is 13.0 Å². The summed E-state index contributed by atoms with van der Waals surface area (Å²) in [5.41, 5.74) is 0. The quantitative estimate of drug-likeness (QED) is 0.855. The number of nitrogens with one attached hydrogen (secondary N) is 1. The molecule has 1 aliphatic rings. The zero-order valence-electron chi connectivity index (χ0n) is 15.3. The predicted molar refractivity (Wildman–Crippen MR) is 106 cm³/mol. The van der Waals surface area contributed by atoms with Crippen molar-refractivity contribution in [3.8, 4) is 5.88 Å². The van der Waals surface area contributed by atoms with E-state index in [1.807, 2.05) is 6.07 Å². The third-order valence-electron chi connectivity index (χ3n) is 4.73. The molecule has 2 aromatic rings. The molecule has 26 heavy (non-hydrogen) atoms. The van der Waals surface area contributed by atoms with Crippen LogP contribution in [0.3, 0.4) is 0 Å². The number of pyridine rings is 1. The van der Waals surface area contributed by atoms with E-state index in [2.05, 4.69) is 24.1 Å². The summed E-state index contributed by atoms with van der Waals surface area (Å²) >= 11 is 0. The number of rotatable bonds is 4. The molecule has 0 saturated carbocycles. The van der Waals surface area contributed by atoms with Crippen LogP contribution in [-0.4, -0.2) is 50.5 Å². The van der Waals surface area contributed by atoms with Crippen LogP contribution in [0.1, 0.15) is 20.3 Å². The molecule has 1 fully saturated rings. The fourth-order valence-corrected chi connectivity index (χ4v) is 5.41. The van der Waals surface area contributed by atoms with Crippen LogP contribution >= 0.6 is 12.4 Å². The first kappa shape index (κ1) is 20.9. The molecule has 0 radical (unpaired) electrons. The molecule has 2 heterocycles. The van der Waals surface area contributed by atoms with Crippen molar-refractivity contribution >= 4 is 33.2 Å². The molecule has 0 amide bonds. The van der Waals surface area contributed by atoms with Crippen LogP contribution < -0.4 is 10.1 Å². The Morgan fingerprint density at radius 2 is 2.04 bits per heavy atom. The van der Waals surface area contributed by atoms with Crippen molar-refractivity contribution in [1.82, 2.24) is 14.6 Å². The molecule has 8 heteroatoms. The molecule has 1 aromatic carbocycles. The number of sulfonamides is 1. The van der Waals surface area contributed by atoms with Crippen LogP contribution in [0.5, 0.6) is 5.88 Å². The number of methoxy groups -OCH3 is 1. The zero-order chi connectivity index (χ0) is 18.0. The molecule has 1 N–H and O–H groups in total. The van der Waals surface area contributed by atoms with Gasteiger partial charge in [-0.15, -0.1) is 12.4 Å². The van der Waals surface area contributed by atoms with Crippen LogP contribution in [0.2, 0.25) is 0 Å². The Balaban J connectivity index is 0.00000243. The van der Waals surface area contributed by atoms with Gasteiger partial charge in [0.15, 0.2) is 0 Å². The average Bonchev–Trinajstić information content (AvgIpc) is 2.87. The van der Waals surface area contributed by atoms with Crippen LogP contribution in [0, 0.1) is 5.92 Å². The molecule has 1 saturated heterocycles. The molecule has 0 bridgehead atoms. The fourth-order valence-electron chi connectivity index (χ4n) is 3.41. The number of halogens is 1. The Bertz CT molecular complexity index is 858. The normalized spacial score (nSPS) is 19.2. The van der Waals surface area contributed by atoms with E-state index in [4.69, 9.17) is 4.74 Å². The van der Waals surface area contributed by atoms with Crippen molar-refractivity contribution in [2.24, 2.45) is 5.92 Å². The van der Waals surface area contributed by atoms with E-state index in [9.17, 15) is 8.42 Å². The van der Waals surface area contributed by atoms with Crippen molar-refractivity contribution < 1.29 is 13.2 Å². The summed E-state index contributed by atoms with van der Waals surface area (Å²) in [5.74, 6) is 0.666. The SMILES string of the molecule is COc1nccc2c(S(=O)(=O)N3CCCNCC3C(C)C)cccc12.Cl. The van der Waals surface area contributed by atoms with Gasteiger partial charge in [0.25, 0.3) is 0 Å². The number of hydrogen-bond donors (Lipinski definition) is 1. The first-order valence-corrected chi connectivity index (χ1v) is 10.0. The van der Waals surface area contributed by atoms with E-state index < -0.39 is 10.0 Å². The summed E-state index contributed by atoms with van der Waals surface area (Å²) in [7, 11) is -2.08. The summed E-state index contributed by atoms with van der Waals surface area (Å²) < 4.78 is 34.0. The van der Waals surface area contributed by atoms with E-state index in [1.54, 1.807) is 28.7 Å². The monoisotopic (exact) mass is 399 g/mol. The molecule has 1 unspecified atom stereocenters. The highest BCUT2D eigenvalue weighted by molar-refractivity contribution is 7.89. The zero-order valence-corrected chi connectivity index (χ0v) is 16.9. The van der Waals surface area contributed by atoms with Crippen LogP contribution in [0.25, 0.3) is 10.8 Å². The van der Waals surface area contributed by atoms with Crippen molar-refractivity contribution in [1.29, 1.82) is 0 Å². The minimum absolute atomic E-state index is 0. The topological polar surface area (TPSA) is 71.5 Å². The van der Waals surface area contributed by atoms with Gasteiger partial charge in [0, 0.05) is 36.1 Å². The molecule has 1 atom stereocenters. The number of aromatic nitrogens is 1. The molecule has 6 nitrogen and oxygen atoms in total. The Labute approximate surface area is 161 Å². The van der Waals surface area contributed by atoms with E-state index in [-0.39, 0.29) is 24.4 Å². The van der Waals surface area contributed by atoms with E-state index in [1.165, 1.54) is 7.11 Å². The Morgan fingerprint density at radius 3 is 2.73 bits per heavy atom. The van der Waals surface area contributed by atoms with Gasteiger partial charge in [-0.1, -0.05) is 19.9 Å². The first-order chi connectivity index (χ1) is 12.0. The molecule has 1 aromatic heterocycles. The molecule has 1 aliphatic heterocycles. The van der Waals surface area contributed by atoms with Gasteiger partial charge >= 0.3 is 0 Å². The minimum atomic E-state index is -3.62. The highest BCUT2D eigenvalue weighted by atomic mass is 35.5. The summed E-state index contributed by atoms with van der Waals surface area (Å²) in [4.78, 5) is 4.50. The second-order valence-corrected chi connectivity index (χ2v) is 8.52. The van der Waals surface area contributed by atoms with Gasteiger partial charge in [-0.2, -0.15) is 4.31 Å². The smallest absolute Gasteiger partial charge is 0.243 e. The fraction of sp³-hybridized carbons (Fsp3) is 0.500. The highest BCUT2D eigenvalue weighted by Crippen LogP contribution is 2.32. The van der Waals surface area contributed by atoms with E-state index >= 15 is 0 Å². The summed E-state index contributed by atoms with van der Waals surface area (Å²) in [6.07, 6.45) is 2.39. The standard InChI is InChI=1S/C18H25N3O3S.ClH/c1-13(2)16-12-19-9-5-11-21(16)25(22,23)17-7-4-6-15-14(17)8-10-20-18(15)24-3;/h4,6-8,10,13,16,19H,5,9,11-12H2,1-3H3;1H. The lowest BCUT2D eigenvalue weighted by Crippen LogP contribution is -2.46. The van der Waals surface area contributed by atoms with Crippen molar-refractivity contribution in [3.63, 3.8) is 0 Å². The third-order valence-corrected chi connectivity index (χ3v) is 6.72. The number of benzene rings is 1. The highest BCUT2D eigenvalue weighted by Gasteiger charge is 2.35. The second kappa shape index (κ2) is 8.52. The minimum Gasteiger partial charge on any atom is -0.481 e. The van der Waals surface area contributed by atoms with Gasteiger partial charge < -0.3 is 10.1 Å². The molecular formula is C18H26ClN3O3S. The van der Waals surface area contributed by atoms with Gasteiger partial charge in [0.1, 0.15) is 0 Å². The van der Waals surface area contributed by atoms with Crippen molar-refractivity contribution in [2.45, 2.75) is 31.2 Å². The van der Waals surface area contributed by atoms with Crippen LogP contribution in [0.15, 0.2) is 35.4 Å². The largest absolute Gasteiger partial charge is 0.481 e. The molecular weight excluding hydrogens is 374 g/mol. The maximum absolute atomic E-state index is 13.5. The average molecular weight is 400 g/mol. The summed E-state index contributed by atoms with van der Waals surface area (Å²) in [6.45, 7) is 6.16. The second-order valence-electron chi connectivity index (χ2n) is 6.66. The third kappa shape index (κ3) is 3.81. The van der Waals surface area contributed by atoms with Crippen LogP contribution in [-0.2, 0) is 10.0 Å². The maximum atomic E-state index is 13.5. The Hall–Kier alpha value is -1.41. The Morgan fingerprint density at radius 1 is 1.27 bits per heavy atom. The van der Waals surface area contributed by atoms with Gasteiger partial charge in [-0.05, 0) is 37.1 Å². The number of hydrogen-bond acceptors (Lipinski definition) is 5. The lowest BCUT2D eigenvalue weighted by Gasteiger charge is -2.32.